The van der Waals surface area contributed by atoms with Crippen LogP contribution in [0.4, 0.5) is 0 Å². The van der Waals surface area contributed by atoms with E-state index in [2.05, 4.69) is 42.8 Å². The number of unbranched alkanes of at least 4 members (excludes halogenated alkanes) is 7. The smallest absolute Gasteiger partial charge is 0.370 e. The molecule has 0 atom stereocenters. The average Bonchev–Trinajstić information content (AvgIpc) is 3.05. The number of fused-ring (bicyclic) bond motifs is 1. The second kappa shape index (κ2) is 13.3. The summed E-state index contributed by atoms with van der Waals surface area (Å²) < 4.78 is 20.6. The van der Waals surface area contributed by atoms with E-state index < -0.39 is 8.80 Å². The molecule has 1 heterocycles. The number of benzene rings is 1. The highest BCUT2D eigenvalue weighted by Crippen LogP contribution is 2.22. The number of hydrogen-bond acceptors (Lipinski definition) is 3. The Balaban J connectivity index is 2.06. The van der Waals surface area contributed by atoms with Gasteiger partial charge in [0.15, 0.2) is 0 Å². The zero-order valence-electron chi connectivity index (χ0n) is 20.0. The molecule has 30 heavy (non-hydrogen) atoms. The molecule has 0 N–H and O–H groups in total. The molecule has 0 fully saturated rings. The maximum absolute atomic E-state index is 6.10. The van der Waals surface area contributed by atoms with E-state index in [9.17, 15) is 0 Å². The molecule has 2 rings (SSSR count). The van der Waals surface area contributed by atoms with E-state index >= 15 is 0 Å². The summed E-state index contributed by atoms with van der Waals surface area (Å²) in [4.78, 5) is 0. The second-order valence-electron chi connectivity index (χ2n) is 8.05. The van der Waals surface area contributed by atoms with Crippen LogP contribution in [0.3, 0.4) is 0 Å². The fourth-order valence-electron chi connectivity index (χ4n) is 4.22. The zero-order valence-corrected chi connectivity index (χ0v) is 21.0. The summed E-state index contributed by atoms with van der Waals surface area (Å²) in [5.74, 6) is 0. The van der Waals surface area contributed by atoms with Gasteiger partial charge in [0.1, 0.15) is 0 Å². The van der Waals surface area contributed by atoms with Gasteiger partial charge in [-0.3, -0.25) is 0 Å². The molecule has 0 unspecified atom stereocenters. The first-order chi connectivity index (χ1) is 14.6. The highest BCUT2D eigenvalue weighted by Gasteiger charge is 2.43. The van der Waals surface area contributed by atoms with Gasteiger partial charge in [-0.05, 0) is 57.2 Å². The quantitative estimate of drug-likeness (QED) is 0.236. The lowest BCUT2D eigenvalue weighted by Gasteiger charge is -2.28. The molecule has 0 aliphatic rings. The Morgan fingerprint density at radius 2 is 1.30 bits per heavy atom. The van der Waals surface area contributed by atoms with Gasteiger partial charge < -0.3 is 17.8 Å². The molecule has 170 valence electrons. The second-order valence-corrected chi connectivity index (χ2v) is 10.6. The van der Waals surface area contributed by atoms with Crippen molar-refractivity contribution in [2.45, 2.75) is 85.5 Å². The van der Waals surface area contributed by atoms with Crippen LogP contribution in [0.15, 0.2) is 24.3 Å². The molecule has 0 saturated carbocycles. The van der Waals surface area contributed by atoms with Crippen LogP contribution in [-0.2, 0) is 26.7 Å². The van der Waals surface area contributed by atoms with Crippen LogP contribution >= 0.6 is 0 Å². The monoisotopic (exact) mass is 433 g/mol. The number of aromatic nitrogens is 1. The predicted octanol–water partition coefficient (Wildman–Crippen LogP) is 6.12. The normalized spacial score (nSPS) is 12.2. The maximum atomic E-state index is 6.10. The molecule has 0 aliphatic carbocycles. The van der Waals surface area contributed by atoms with Gasteiger partial charge in [-0.2, -0.15) is 0 Å². The van der Waals surface area contributed by atoms with Crippen molar-refractivity contribution in [3.8, 4) is 0 Å². The summed E-state index contributed by atoms with van der Waals surface area (Å²) in [6.07, 6.45) is 12.0. The lowest BCUT2D eigenvalue weighted by atomic mass is 10.1. The van der Waals surface area contributed by atoms with Gasteiger partial charge in [0.2, 0.25) is 0 Å². The first-order valence-electron chi connectivity index (χ1n) is 12.1. The standard InChI is InChI=1S/C25H43NO3Si/c1-6-10-11-12-13-14-15-16-17-23-20-22-21-24(18-19-25(22)26(23)5)30(27-7-2,28-8-3)29-9-4/h18-21H,6-17H2,1-5H3. The van der Waals surface area contributed by atoms with Gasteiger partial charge in [-0.1, -0.05) is 57.9 Å². The van der Waals surface area contributed by atoms with Crippen LogP contribution in [0.5, 0.6) is 0 Å². The number of hydrogen-bond donors (Lipinski definition) is 0. The topological polar surface area (TPSA) is 32.6 Å². The van der Waals surface area contributed by atoms with E-state index in [1.165, 1.54) is 68.0 Å². The Kier molecular flexibility index (Phi) is 11.1. The summed E-state index contributed by atoms with van der Waals surface area (Å²) in [6, 6.07) is 8.89. The molecule has 0 bridgehead atoms. The number of nitrogens with zero attached hydrogens (tertiary/aromatic N) is 1. The van der Waals surface area contributed by atoms with Crippen LogP contribution in [0.25, 0.3) is 10.9 Å². The third-order valence-corrected chi connectivity index (χ3v) is 8.81. The van der Waals surface area contributed by atoms with Crippen LogP contribution in [-0.4, -0.2) is 33.2 Å². The van der Waals surface area contributed by atoms with Gasteiger partial charge >= 0.3 is 8.80 Å². The van der Waals surface area contributed by atoms with Crippen molar-refractivity contribution >= 4 is 24.9 Å². The Morgan fingerprint density at radius 1 is 0.733 bits per heavy atom. The Labute approximate surface area is 185 Å². The summed E-state index contributed by atoms with van der Waals surface area (Å²) in [5, 5.41) is 2.31. The molecule has 2 aromatic rings. The van der Waals surface area contributed by atoms with Gasteiger partial charge in [0.25, 0.3) is 0 Å². The van der Waals surface area contributed by atoms with Crippen LogP contribution < -0.4 is 5.19 Å². The van der Waals surface area contributed by atoms with Crippen molar-refractivity contribution in [1.82, 2.24) is 4.57 Å². The summed E-state index contributed by atoms with van der Waals surface area (Å²) in [7, 11) is -0.675. The highest BCUT2D eigenvalue weighted by atomic mass is 28.4. The molecule has 0 spiro atoms. The first-order valence-corrected chi connectivity index (χ1v) is 13.8. The maximum Gasteiger partial charge on any atom is 0.537 e. The lowest BCUT2D eigenvalue weighted by molar-refractivity contribution is 0.0859. The van der Waals surface area contributed by atoms with Crippen LogP contribution in [0, 0.1) is 0 Å². The van der Waals surface area contributed by atoms with Gasteiger partial charge in [0, 0.05) is 43.3 Å². The zero-order chi connectivity index (χ0) is 21.8. The van der Waals surface area contributed by atoms with E-state index in [0.717, 1.165) is 11.6 Å². The van der Waals surface area contributed by atoms with Crippen molar-refractivity contribution in [2.24, 2.45) is 7.05 Å². The molecule has 0 radical (unpaired) electrons. The molecule has 1 aromatic carbocycles. The Morgan fingerprint density at radius 3 is 1.87 bits per heavy atom. The van der Waals surface area contributed by atoms with Gasteiger partial charge in [-0.25, -0.2) is 0 Å². The fourth-order valence-corrected chi connectivity index (χ4v) is 6.73. The fraction of sp³-hybridized carbons (Fsp3) is 0.680. The minimum absolute atomic E-state index is 0.586. The molecule has 4 nitrogen and oxygen atoms in total. The summed E-state index contributed by atoms with van der Waals surface area (Å²) >= 11 is 0. The SMILES string of the molecule is CCCCCCCCCCc1cc2cc([Si](OCC)(OCC)OCC)ccc2n1C. The average molecular weight is 434 g/mol. The van der Waals surface area contributed by atoms with Crippen molar-refractivity contribution in [3.05, 3.63) is 30.0 Å². The van der Waals surface area contributed by atoms with E-state index in [4.69, 9.17) is 13.3 Å². The summed E-state index contributed by atoms with van der Waals surface area (Å²) in [6.45, 7) is 10.0. The third kappa shape index (κ3) is 6.68. The van der Waals surface area contributed by atoms with E-state index in [1.54, 1.807) is 0 Å². The Hall–Kier alpha value is -1.14. The third-order valence-electron chi connectivity index (χ3n) is 5.78. The predicted molar refractivity (Wildman–Crippen MR) is 129 cm³/mol. The molecular weight excluding hydrogens is 390 g/mol. The molecule has 0 saturated heterocycles. The van der Waals surface area contributed by atoms with E-state index in [1.807, 2.05) is 20.8 Å². The van der Waals surface area contributed by atoms with Crippen molar-refractivity contribution in [3.63, 3.8) is 0 Å². The molecule has 0 aliphatic heterocycles. The van der Waals surface area contributed by atoms with E-state index in [-0.39, 0.29) is 0 Å². The van der Waals surface area contributed by atoms with Crippen molar-refractivity contribution in [1.29, 1.82) is 0 Å². The van der Waals surface area contributed by atoms with Crippen LogP contribution in [0.1, 0.15) is 84.8 Å². The van der Waals surface area contributed by atoms with E-state index in [0.29, 0.717) is 19.8 Å². The number of rotatable bonds is 16. The van der Waals surface area contributed by atoms with Gasteiger partial charge in [-0.15, -0.1) is 0 Å². The molecule has 0 amide bonds. The van der Waals surface area contributed by atoms with Crippen LogP contribution in [0.2, 0.25) is 0 Å². The molecular formula is C25H43NO3Si. The van der Waals surface area contributed by atoms with Crippen molar-refractivity contribution < 1.29 is 13.3 Å². The molecule has 1 aromatic heterocycles. The Bertz CT molecular complexity index is 726. The van der Waals surface area contributed by atoms with Gasteiger partial charge in [0.05, 0.1) is 0 Å². The minimum Gasteiger partial charge on any atom is -0.370 e. The minimum atomic E-state index is -2.86. The number of aryl methyl sites for hydroxylation is 2. The lowest BCUT2D eigenvalue weighted by Crippen LogP contribution is -2.56. The molecule has 5 heteroatoms. The largest absolute Gasteiger partial charge is 0.537 e. The summed E-state index contributed by atoms with van der Waals surface area (Å²) in [5.41, 5.74) is 2.67. The van der Waals surface area contributed by atoms with Crippen molar-refractivity contribution in [2.75, 3.05) is 19.8 Å². The first kappa shape index (κ1) is 25.1. The highest BCUT2D eigenvalue weighted by molar-refractivity contribution is 6.75.